The van der Waals surface area contributed by atoms with Gasteiger partial charge < -0.3 is 4.13 Å². The molecule has 0 unspecified atom stereocenters. The summed E-state index contributed by atoms with van der Waals surface area (Å²) in [4.78, 5) is 5.09. The third kappa shape index (κ3) is 11.8. The predicted molar refractivity (Wildman–Crippen MR) is 132 cm³/mol. The minimum atomic E-state index is -6.72. The molecule has 0 aliphatic rings. The molecule has 0 atom stereocenters. The second-order valence-corrected chi connectivity index (χ2v) is 13.1. The summed E-state index contributed by atoms with van der Waals surface area (Å²) in [6.45, 7) is 22.6. The molecule has 0 aliphatic heterocycles. The summed E-state index contributed by atoms with van der Waals surface area (Å²) in [5.74, 6) is 0. The summed E-state index contributed by atoms with van der Waals surface area (Å²) in [6, 6.07) is 2.40. The average Bonchev–Trinajstić information content (AvgIpc) is 3.12. The van der Waals surface area contributed by atoms with E-state index in [1.165, 1.54) is 0 Å². The van der Waals surface area contributed by atoms with E-state index in [9.17, 15) is 43.2 Å². The van der Waals surface area contributed by atoms with Crippen LogP contribution in [0.5, 0.6) is 0 Å². The van der Waals surface area contributed by atoms with Gasteiger partial charge in [-0.25, -0.2) is 26.0 Å². The highest BCUT2D eigenvalue weighted by molar-refractivity contribution is 8.13. The van der Waals surface area contributed by atoms with E-state index < -0.39 is 31.1 Å². The molecule has 0 amide bonds. The van der Waals surface area contributed by atoms with Gasteiger partial charge in [-0.15, -0.1) is 0 Å². The van der Waals surface area contributed by atoms with Gasteiger partial charge in [0.25, 0.3) is 0 Å². The first kappa shape index (κ1) is 36.6. The Balaban J connectivity index is 0.000000793. The molecule has 0 spiro atoms. The fourth-order valence-electron chi connectivity index (χ4n) is 3.60. The number of halogens is 6. The lowest BCUT2D eigenvalue weighted by atomic mass is 10.2. The summed E-state index contributed by atoms with van der Waals surface area (Å²) in [7, 11) is -13.4. The molecule has 0 aromatic carbocycles. The van der Waals surface area contributed by atoms with Crippen molar-refractivity contribution in [1.29, 1.82) is 0 Å². The molecule has 0 aliphatic carbocycles. The van der Waals surface area contributed by atoms with Crippen molar-refractivity contribution >= 4 is 20.0 Å². The van der Waals surface area contributed by atoms with Crippen molar-refractivity contribution in [2.24, 2.45) is 0 Å². The number of alkyl halides is 6. The summed E-state index contributed by atoms with van der Waals surface area (Å²) in [5, 5.41) is 0. The maximum Gasteiger partial charge on any atom is 0.480 e. The molecule has 0 N–H and O–H groups in total. The maximum atomic E-state index is 11.4. The van der Waals surface area contributed by atoms with E-state index in [2.05, 4.69) is 93.0 Å². The smallest absolute Gasteiger partial charge is 0.421 e. The zero-order chi connectivity index (χ0) is 30.3. The Kier molecular flexibility index (Phi) is 13.7. The van der Waals surface area contributed by atoms with Crippen molar-refractivity contribution in [2.75, 3.05) is 13.1 Å². The van der Waals surface area contributed by atoms with E-state index >= 15 is 0 Å². The first-order valence-corrected chi connectivity index (χ1v) is 14.7. The Bertz CT molecular complexity index is 956. The molecule has 1 aromatic heterocycles. The van der Waals surface area contributed by atoms with E-state index in [-0.39, 0.29) is 0 Å². The molecule has 17 heteroatoms. The van der Waals surface area contributed by atoms with Crippen molar-refractivity contribution in [3.05, 3.63) is 22.8 Å². The fourth-order valence-corrected chi connectivity index (χ4v) is 5.31. The summed E-state index contributed by atoms with van der Waals surface area (Å²) >= 11 is 0. The van der Waals surface area contributed by atoms with Crippen LogP contribution in [0.15, 0.2) is 18.7 Å². The quantitative estimate of drug-likeness (QED) is 0.264. The molecule has 226 valence electrons. The molecule has 0 fully saturated rings. The molecule has 0 radical (unpaired) electrons. The van der Waals surface area contributed by atoms with Crippen LogP contribution in [0.3, 0.4) is 0 Å². The van der Waals surface area contributed by atoms with Crippen LogP contribution in [-0.2, 0) is 33.1 Å². The van der Waals surface area contributed by atoms with E-state index in [1.807, 2.05) is 0 Å². The normalized spacial score (nSPS) is 13.8. The van der Waals surface area contributed by atoms with Crippen molar-refractivity contribution < 1.29 is 47.7 Å². The molecular formula is C21H39F6N5O4S2. The van der Waals surface area contributed by atoms with Crippen LogP contribution in [0.25, 0.3) is 4.13 Å². The first-order chi connectivity index (χ1) is 16.9. The van der Waals surface area contributed by atoms with Gasteiger partial charge in [-0.1, -0.05) is 0 Å². The van der Waals surface area contributed by atoms with E-state index in [4.69, 9.17) is 0 Å². The first-order valence-electron chi connectivity index (χ1n) is 11.9. The van der Waals surface area contributed by atoms with Crippen LogP contribution >= 0.6 is 0 Å². The van der Waals surface area contributed by atoms with Gasteiger partial charge in [-0.05, 0) is 55.4 Å². The van der Waals surface area contributed by atoms with Gasteiger partial charge in [-0.3, -0.25) is 9.80 Å². The number of aromatic nitrogens is 2. The van der Waals surface area contributed by atoms with Gasteiger partial charge in [-0.2, -0.15) is 26.3 Å². The molecule has 0 saturated heterocycles. The molecule has 0 bridgehead atoms. The summed E-state index contributed by atoms with van der Waals surface area (Å²) in [6.07, 6.45) is 6.65. The van der Waals surface area contributed by atoms with Crippen molar-refractivity contribution in [3.63, 3.8) is 0 Å². The van der Waals surface area contributed by atoms with Crippen LogP contribution in [-0.4, -0.2) is 79.5 Å². The number of nitrogens with zero attached hydrogens (tertiary/aromatic N) is 5. The van der Waals surface area contributed by atoms with E-state index in [0.29, 0.717) is 24.2 Å². The minimum Gasteiger partial charge on any atom is -0.421 e. The second kappa shape index (κ2) is 14.3. The summed E-state index contributed by atoms with van der Waals surface area (Å²) < 4.78 is 114. The third-order valence-electron chi connectivity index (χ3n) is 5.41. The van der Waals surface area contributed by atoms with Gasteiger partial charge in [0.05, 0.1) is 0 Å². The van der Waals surface area contributed by atoms with Crippen molar-refractivity contribution in [1.82, 2.24) is 14.4 Å². The molecular weight excluding hydrogens is 564 g/mol. The standard InChI is InChI=1S/C19H39N4.C2F6NO4S2/c1-16(2)22(17(3)4)13-11-20-9-10-21(15-20)12-14-23(18(5)6)19(7)8;3-1(4,5)14(10,11)9-15(12,13)2(6,7)8/h9-10,15-19H,11-14H2,1-8H3;/q+1;-1. The van der Waals surface area contributed by atoms with Crippen LogP contribution in [0.2, 0.25) is 0 Å². The maximum absolute atomic E-state index is 11.4. The molecule has 0 saturated carbocycles. The Hall–Kier alpha value is -1.43. The van der Waals surface area contributed by atoms with Crippen molar-refractivity contribution in [3.8, 4) is 0 Å². The highest BCUT2D eigenvalue weighted by Crippen LogP contribution is 2.36. The van der Waals surface area contributed by atoms with Gasteiger partial charge >= 0.3 is 11.0 Å². The molecule has 38 heavy (non-hydrogen) atoms. The zero-order valence-electron chi connectivity index (χ0n) is 22.8. The largest absolute Gasteiger partial charge is 0.480 e. The van der Waals surface area contributed by atoms with Crippen molar-refractivity contribution in [2.45, 2.75) is 104 Å². The minimum absolute atomic E-state index is 0.600. The predicted octanol–water partition coefficient (Wildman–Crippen LogP) is 4.07. The molecule has 1 rings (SSSR count). The lowest BCUT2D eigenvalue weighted by Gasteiger charge is -2.29. The average molecular weight is 604 g/mol. The van der Waals surface area contributed by atoms with Gasteiger partial charge in [0, 0.05) is 37.3 Å². The number of sulfonamides is 2. The topological polar surface area (TPSA) is 97.7 Å². The highest BCUT2D eigenvalue weighted by Gasteiger charge is 2.46. The van der Waals surface area contributed by atoms with Crippen LogP contribution < -0.4 is 4.57 Å². The Labute approximate surface area is 221 Å². The monoisotopic (exact) mass is 603 g/mol. The van der Waals surface area contributed by atoms with Crippen LogP contribution in [0, 0.1) is 0 Å². The number of rotatable bonds is 12. The Morgan fingerprint density at radius 1 is 0.737 bits per heavy atom. The zero-order valence-corrected chi connectivity index (χ0v) is 24.5. The Morgan fingerprint density at radius 3 is 1.45 bits per heavy atom. The summed E-state index contributed by atoms with van der Waals surface area (Å²) in [5.41, 5.74) is -12.4. The SMILES string of the molecule is CC(C)N(CCn1cc[n+](CCN(C(C)C)C(C)C)c1)C(C)C.O=S(=O)([N-]S(=O)(=O)C(F)(F)F)C(F)(F)F. The molecule has 1 heterocycles. The highest BCUT2D eigenvalue weighted by atomic mass is 32.3. The van der Waals surface area contributed by atoms with Gasteiger partial charge in [0.1, 0.15) is 25.5 Å². The number of hydrogen-bond donors (Lipinski definition) is 0. The second-order valence-electron chi connectivity index (χ2n) is 9.66. The molecule has 1 aromatic rings. The number of hydrogen-bond acceptors (Lipinski definition) is 6. The Morgan fingerprint density at radius 2 is 1.11 bits per heavy atom. The van der Waals surface area contributed by atoms with Crippen LogP contribution in [0.1, 0.15) is 55.4 Å². The lowest BCUT2D eigenvalue weighted by molar-refractivity contribution is -0.696. The lowest BCUT2D eigenvalue weighted by Crippen LogP contribution is -2.44. The fraction of sp³-hybridized carbons (Fsp3) is 0.857. The van der Waals surface area contributed by atoms with Gasteiger partial charge in [0.2, 0.25) is 6.33 Å². The number of imidazole rings is 1. The van der Waals surface area contributed by atoms with E-state index in [0.717, 1.165) is 30.3 Å². The van der Waals surface area contributed by atoms with E-state index in [1.54, 1.807) is 0 Å². The molecule has 9 nitrogen and oxygen atoms in total. The van der Waals surface area contributed by atoms with Gasteiger partial charge in [0.15, 0.2) is 20.0 Å². The van der Waals surface area contributed by atoms with Crippen LogP contribution in [0.4, 0.5) is 26.3 Å². The third-order valence-corrected chi connectivity index (χ3v) is 8.15.